The number of para-hydroxylation sites is 2. The molecule has 18 heavy (non-hydrogen) atoms. The fraction of sp³-hybridized carbons (Fsp3) is 0.143. The lowest BCUT2D eigenvalue weighted by atomic mass is 10.1. The van der Waals surface area contributed by atoms with Crippen molar-refractivity contribution in [3.63, 3.8) is 0 Å². The Labute approximate surface area is 109 Å². The van der Waals surface area contributed by atoms with Crippen molar-refractivity contribution < 1.29 is 9.13 Å². The molecule has 0 saturated heterocycles. The van der Waals surface area contributed by atoms with Crippen LogP contribution in [0.2, 0.25) is 5.02 Å². The zero-order valence-electron chi connectivity index (χ0n) is 9.49. The van der Waals surface area contributed by atoms with E-state index in [4.69, 9.17) is 16.3 Å². The summed E-state index contributed by atoms with van der Waals surface area (Å²) in [5, 5.41) is 3.49. The predicted molar refractivity (Wildman–Crippen MR) is 69.7 cm³/mol. The minimum absolute atomic E-state index is 0.0157. The number of anilines is 1. The highest BCUT2D eigenvalue weighted by Crippen LogP contribution is 2.34. The van der Waals surface area contributed by atoms with Gasteiger partial charge in [-0.1, -0.05) is 29.8 Å². The first-order valence-corrected chi connectivity index (χ1v) is 6.05. The number of rotatable bonds is 1. The van der Waals surface area contributed by atoms with Gasteiger partial charge < -0.3 is 10.1 Å². The van der Waals surface area contributed by atoms with E-state index in [1.807, 2.05) is 24.3 Å². The largest absolute Gasteiger partial charge is 0.489 e. The lowest BCUT2D eigenvalue weighted by molar-refractivity contribution is 0.286. The summed E-state index contributed by atoms with van der Waals surface area (Å²) in [6, 6.07) is 12.4. The highest BCUT2D eigenvalue weighted by atomic mass is 35.5. The summed E-state index contributed by atoms with van der Waals surface area (Å²) in [4.78, 5) is 0. The second kappa shape index (κ2) is 4.50. The summed E-state index contributed by atoms with van der Waals surface area (Å²) in [6.45, 7) is 0.499. The van der Waals surface area contributed by atoms with Gasteiger partial charge in [-0.15, -0.1) is 0 Å². The SMILES string of the molecule is Fc1ccc(C2COc3ccccc3N2)cc1Cl. The fourth-order valence-electron chi connectivity index (χ4n) is 2.02. The van der Waals surface area contributed by atoms with Crippen LogP contribution < -0.4 is 10.1 Å². The summed E-state index contributed by atoms with van der Waals surface area (Å²) in [7, 11) is 0. The molecular formula is C14H11ClFNO. The van der Waals surface area contributed by atoms with Crippen LogP contribution in [0.3, 0.4) is 0 Å². The van der Waals surface area contributed by atoms with Gasteiger partial charge in [0, 0.05) is 0 Å². The quantitative estimate of drug-likeness (QED) is 0.839. The Morgan fingerprint density at radius 1 is 1.22 bits per heavy atom. The molecule has 4 heteroatoms. The standard InChI is InChI=1S/C14H11ClFNO/c15-10-7-9(5-6-11(10)16)13-8-18-14-4-2-1-3-12(14)17-13/h1-7,13,17H,8H2. The first kappa shape index (κ1) is 11.4. The molecule has 0 bridgehead atoms. The van der Waals surface area contributed by atoms with Gasteiger partial charge in [-0.25, -0.2) is 4.39 Å². The Hall–Kier alpha value is -1.74. The van der Waals surface area contributed by atoms with E-state index in [1.165, 1.54) is 6.07 Å². The topological polar surface area (TPSA) is 21.3 Å². The van der Waals surface area contributed by atoms with Gasteiger partial charge in [-0.3, -0.25) is 0 Å². The number of nitrogens with one attached hydrogen (secondary N) is 1. The third-order valence-electron chi connectivity index (χ3n) is 2.97. The van der Waals surface area contributed by atoms with Gasteiger partial charge in [-0.05, 0) is 29.8 Å². The van der Waals surface area contributed by atoms with Gasteiger partial charge in [0.1, 0.15) is 18.2 Å². The second-order valence-corrected chi connectivity index (χ2v) is 4.58. The van der Waals surface area contributed by atoms with E-state index in [9.17, 15) is 4.39 Å². The minimum atomic E-state index is -0.405. The molecule has 2 nitrogen and oxygen atoms in total. The Bertz CT molecular complexity index is 588. The van der Waals surface area contributed by atoms with Crippen LogP contribution >= 0.6 is 11.6 Å². The smallest absolute Gasteiger partial charge is 0.142 e. The number of halogens is 2. The van der Waals surface area contributed by atoms with E-state index in [0.717, 1.165) is 17.0 Å². The highest BCUT2D eigenvalue weighted by Gasteiger charge is 2.20. The van der Waals surface area contributed by atoms with E-state index in [0.29, 0.717) is 6.61 Å². The van der Waals surface area contributed by atoms with Gasteiger partial charge >= 0.3 is 0 Å². The molecule has 1 aliphatic rings. The molecule has 0 aromatic heterocycles. The fourth-order valence-corrected chi connectivity index (χ4v) is 2.21. The third kappa shape index (κ3) is 2.02. The lowest BCUT2D eigenvalue weighted by Crippen LogP contribution is -2.23. The second-order valence-electron chi connectivity index (χ2n) is 4.18. The Morgan fingerprint density at radius 3 is 2.89 bits per heavy atom. The van der Waals surface area contributed by atoms with Crippen molar-refractivity contribution in [3.05, 3.63) is 58.9 Å². The van der Waals surface area contributed by atoms with Gasteiger partial charge in [-0.2, -0.15) is 0 Å². The van der Waals surface area contributed by atoms with Crippen molar-refractivity contribution in [1.29, 1.82) is 0 Å². The van der Waals surface area contributed by atoms with Crippen molar-refractivity contribution >= 4 is 17.3 Å². The third-order valence-corrected chi connectivity index (χ3v) is 3.26. The molecule has 1 unspecified atom stereocenters. The van der Waals surface area contributed by atoms with Crippen molar-refractivity contribution in [3.8, 4) is 5.75 Å². The zero-order valence-corrected chi connectivity index (χ0v) is 10.2. The van der Waals surface area contributed by atoms with Gasteiger partial charge in [0.05, 0.1) is 16.8 Å². The average molecular weight is 264 g/mol. The van der Waals surface area contributed by atoms with Gasteiger partial charge in [0.15, 0.2) is 0 Å². The first-order chi connectivity index (χ1) is 8.74. The molecule has 0 amide bonds. The molecule has 2 aromatic rings. The van der Waals surface area contributed by atoms with Crippen LogP contribution in [-0.2, 0) is 0 Å². The van der Waals surface area contributed by atoms with Crippen molar-refractivity contribution in [1.82, 2.24) is 0 Å². The molecule has 3 rings (SSSR count). The van der Waals surface area contributed by atoms with Gasteiger partial charge in [0.2, 0.25) is 0 Å². The molecule has 0 aliphatic carbocycles. The van der Waals surface area contributed by atoms with Crippen LogP contribution in [-0.4, -0.2) is 6.61 Å². The molecule has 0 saturated carbocycles. The molecule has 1 N–H and O–H groups in total. The molecule has 1 heterocycles. The van der Waals surface area contributed by atoms with Crippen LogP contribution in [0.15, 0.2) is 42.5 Å². The van der Waals surface area contributed by atoms with E-state index in [-0.39, 0.29) is 11.1 Å². The Morgan fingerprint density at radius 2 is 2.06 bits per heavy atom. The number of benzene rings is 2. The van der Waals surface area contributed by atoms with E-state index in [1.54, 1.807) is 12.1 Å². The predicted octanol–water partition coefficient (Wildman–Crippen LogP) is 4.02. The minimum Gasteiger partial charge on any atom is -0.489 e. The van der Waals surface area contributed by atoms with Crippen molar-refractivity contribution in [2.75, 3.05) is 11.9 Å². The molecule has 92 valence electrons. The maximum atomic E-state index is 13.1. The molecular weight excluding hydrogens is 253 g/mol. The van der Waals surface area contributed by atoms with Crippen LogP contribution in [0.25, 0.3) is 0 Å². The van der Waals surface area contributed by atoms with Crippen molar-refractivity contribution in [2.45, 2.75) is 6.04 Å². The Kier molecular flexibility index (Phi) is 2.84. The molecule has 0 radical (unpaired) electrons. The van der Waals surface area contributed by atoms with Crippen LogP contribution in [0.1, 0.15) is 11.6 Å². The summed E-state index contributed by atoms with van der Waals surface area (Å²) < 4.78 is 18.8. The summed E-state index contributed by atoms with van der Waals surface area (Å²) in [5.74, 6) is 0.430. The number of ether oxygens (including phenoxy) is 1. The Balaban J connectivity index is 1.89. The van der Waals surface area contributed by atoms with Crippen molar-refractivity contribution in [2.24, 2.45) is 0 Å². The molecule has 0 spiro atoms. The van der Waals surface area contributed by atoms with Crippen LogP contribution in [0.4, 0.5) is 10.1 Å². The molecule has 0 fully saturated rings. The molecule has 1 aliphatic heterocycles. The van der Waals surface area contributed by atoms with Crippen LogP contribution in [0, 0.1) is 5.82 Å². The summed E-state index contributed by atoms with van der Waals surface area (Å²) in [5.41, 5.74) is 1.85. The van der Waals surface area contributed by atoms with E-state index < -0.39 is 5.82 Å². The number of hydrogen-bond acceptors (Lipinski definition) is 2. The lowest BCUT2D eigenvalue weighted by Gasteiger charge is -2.27. The monoisotopic (exact) mass is 263 g/mol. The summed E-state index contributed by atoms with van der Waals surface area (Å²) in [6.07, 6.45) is 0. The van der Waals surface area contributed by atoms with E-state index in [2.05, 4.69) is 5.32 Å². The highest BCUT2D eigenvalue weighted by molar-refractivity contribution is 6.30. The summed E-state index contributed by atoms with van der Waals surface area (Å²) >= 11 is 5.79. The van der Waals surface area contributed by atoms with E-state index >= 15 is 0 Å². The zero-order chi connectivity index (χ0) is 12.5. The normalized spacial score (nSPS) is 17.6. The number of fused-ring (bicyclic) bond motifs is 1. The average Bonchev–Trinajstić information content (AvgIpc) is 2.41. The molecule has 1 atom stereocenters. The van der Waals surface area contributed by atoms with Crippen LogP contribution in [0.5, 0.6) is 5.75 Å². The maximum absolute atomic E-state index is 13.1. The molecule has 2 aromatic carbocycles. The first-order valence-electron chi connectivity index (χ1n) is 5.67. The number of hydrogen-bond donors (Lipinski definition) is 1. The maximum Gasteiger partial charge on any atom is 0.142 e. The van der Waals surface area contributed by atoms with Gasteiger partial charge in [0.25, 0.3) is 0 Å².